The number of unbranched alkanes of at least 4 members (excludes halogenated alkanes) is 1. The van der Waals surface area contributed by atoms with Crippen LogP contribution in [0.1, 0.15) is 164 Å². The summed E-state index contributed by atoms with van der Waals surface area (Å²) in [6, 6.07) is 104. The van der Waals surface area contributed by atoms with Crippen LogP contribution in [-0.2, 0) is 33.2 Å². The van der Waals surface area contributed by atoms with Crippen LogP contribution in [0, 0.1) is 51.4 Å². The highest BCUT2D eigenvalue weighted by molar-refractivity contribution is 5.85. The molecule has 0 atom stereocenters. The first-order valence-corrected chi connectivity index (χ1v) is 44.0. The number of allylic oxidation sites excluding steroid dienone is 1. The molecule has 6 aromatic heterocycles. The Morgan fingerprint density at radius 3 is 1.02 bits per heavy atom. The number of rotatable bonds is 21. The number of nitrogens with zero attached hydrogens (tertiary/aromatic N) is 12. The number of benzene rings is 12. The Morgan fingerprint density at radius 1 is 0.310 bits per heavy atom. The zero-order chi connectivity index (χ0) is 88.1. The zero-order valence-electron chi connectivity index (χ0n) is 75.0. The minimum absolute atomic E-state index is 0.384. The second-order valence-corrected chi connectivity index (χ2v) is 32.8. The van der Waals surface area contributed by atoms with Crippen molar-refractivity contribution in [1.82, 2.24) is 57.3 Å². The molecule has 126 heavy (non-hydrogen) atoms. The van der Waals surface area contributed by atoms with Gasteiger partial charge in [-0.15, -0.1) is 6.58 Å². The van der Waals surface area contributed by atoms with Crippen LogP contribution in [0.15, 0.2) is 316 Å². The number of imidazole rings is 6. The van der Waals surface area contributed by atoms with Crippen LogP contribution >= 0.6 is 0 Å². The third-order valence-corrected chi connectivity index (χ3v) is 21.5. The number of aromatic nitrogens is 12. The van der Waals surface area contributed by atoms with E-state index in [-0.39, 0.29) is 0 Å². The van der Waals surface area contributed by atoms with Crippen LogP contribution in [0.5, 0.6) is 0 Å². The van der Waals surface area contributed by atoms with Gasteiger partial charge >= 0.3 is 0 Å². The van der Waals surface area contributed by atoms with Gasteiger partial charge in [0.15, 0.2) is 5.82 Å². The largest absolute Gasteiger partial charge is 0.324 e. The Balaban J connectivity index is 0.000000130. The predicted molar refractivity (Wildman–Crippen MR) is 537 cm³/mol. The molecule has 0 radical (unpaired) electrons. The van der Waals surface area contributed by atoms with E-state index in [9.17, 15) is 0 Å². The summed E-state index contributed by atoms with van der Waals surface area (Å²) < 4.78 is 13.4. The van der Waals surface area contributed by atoms with Gasteiger partial charge in [0.1, 0.15) is 29.1 Å². The first kappa shape index (κ1) is 89.2. The van der Waals surface area contributed by atoms with Crippen molar-refractivity contribution < 1.29 is 0 Å². The van der Waals surface area contributed by atoms with Crippen molar-refractivity contribution in [1.29, 1.82) is 0 Å². The SMILES string of the molecule is C=CCn1c(/C=C/c2ccccc2)nc2ccccc21.CCCCn1c(/C=C/c2ccc(C)cc2)nc2ccccc21.Cc1ccc(/C=C/c2nc3ccccc3n2C(C)C)cc1.Cc1ccc(/C=C/c2nc3ccccc3n2CC(C)C)cc1.Cc1ccc(/C=C/c2nc3ccccc3n2CCC(C)C)cc1.Cn1c(C#Cc2ccccc2)nc2ccccc21. The van der Waals surface area contributed by atoms with Crippen LogP contribution in [0.4, 0.5) is 0 Å². The van der Waals surface area contributed by atoms with E-state index in [1.165, 1.54) is 85.0 Å². The second kappa shape index (κ2) is 44.5. The van der Waals surface area contributed by atoms with E-state index in [4.69, 9.17) is 19.9 Å². The summed E-state index contributed by atoms with van der Waals surface area (Å²) in [6.07, 6.45) is 26.6. The molecule has 0 amide bonds. The summed E-state index contributed by atoms with van der Waals surface area (Å²) in [7, 11) is 1.99. The molecule has 12 aromatic carbocycles. The lowest BCUT2D eigenvalue weighted by molar-refractivity contribution is 0.521. The fourth-order valence-electron chi connectivity index (χ4n) is 14.7. The van der Waals surface area contributed by atoms with Crippen LogP contribution in [0.2, 0.25) is 0 Å². The molecule has 0 fully saturated rings. The van der Waals surface area contributed by atoms with Gasteiger partial charge in [0.05, 0.1) is 66.2 Å². The Kier molecular flexibility index (Phi) is 31.5. The fraction of sp³-hybridized carbons (Fsp3) is 0.193. The third-order valence-electron chi connectivity index (χ3n) is 21.5. The first-order valence-electron chi connectivity index (χ1n) is 44.0. The standard InChI is InChI=1S/C21H24N2.2C20H22N2.C19H20N2.C18H16N2.C16H12N2/c1-16(2)14-15-23-20-7-5-4-6-19(20)22-21(23)13-12-18-10-8-17(3)9-11-18;1-15(2)14-22-19-7-5-4-6-18(19)21-20(22)13-12-17-10-8-16(3)9-11-17;1-3-4-15-22-19-8-6-5-7-18(19)21-20(22)14-13-17-11-9-16(2)10-12-17;1-14(2)21-18-7-5-4-6-17(18)20-19(21)13-12-16-10-8-15(3)9-11-16;1-2-14-20-17-11-7-6-10-16(17)19-18(20)13-12-15-8-4-3-5-9-15;1-18-15-10-6-5-9-14(15)17-16(18)12-11-13-7-3-2-4-8-13/h4-13,16H,14-15H2,1-3H3;4-13,15H,14H2,1-3H3;5-14H,3-4,15H2,1-2H3;4-14H,1-3H3;2-13H,1,14H2;2-10H,1H3/b2*13-12+;14-13+;2*13-12+;. The van der Waals surface area contributed by atoms with E-state index in [0.717, 1.165) is 117 Å². The average molecular weight is 1650 g/mol. The summed E-state index contributed by atoms with van der Waals surface area (Å²) >= 11 is 0. The van der Waals surface area contributed by atoms with E-state index in [1.54, 1.807) is 0 Å². The second-order valence-electron chi connectivity index (χ2n) is 32.8. The van der Waals surface area contributed by atoms with Crippen molar-refractivity contribution in [2.45, 2.75) is 128 Å². The van der Waals surface area contributed by atoms with Gasteiger partial charge in [0, 0.05) is 44.8 Å². The molecule has 0 spiro atoms. The van der Waals surface area contributed by atoms with Gasteiger partial charge in [-0.1, -0.05) is 324 Å². The van der Waals surface area contributed by atoms with Crippen LogP contribution in [0.25, 0.3) is 127 Å². The number of fused-ring (bicyclic) bond motifs is 6. The van der Waals surface area contributed by atoms with Crippen molar-refractivity contribution in [3.63, 3.8) is 0 Å². The molecule has 0 bridgehead atoms. The summed E-state index contributed by atoms with van der Waals surface area (Å²) in [5, 5.41) is 0. The molecule has 12 heteroatoms. The van der Waals surface area contributed by atoms with E-state index < -0.39 is 0 Å². The van der Waals surface area contributed by atoms with Crippen LogP contribution < -0.4 is 0 Å². The van der Waals surface area contributed by atoms with Crippen molar-refractivity contribution in [3.8, 4) is 11.8 Å². The monoisotopic (exact) mass is 1650 g/mol. The van der Waals surface area contributed by atoms with Crippen molar-refractivity contribution in [2.24, 2.45) is 18.9 Å². The molecule has 0 saturated carbocycles. The lowest BCUT2D eigenvalue weighted by Gasteiger charge is -2.10. The molecule has 632 valence electrons. The fourth-order valence-corrected chi connectivity index (χ4v) is 14.7. The van der Waals surface area contributed by atoms with Gasteiger partial charge in [-0.3, -0.25) is 0 Å². The van der Waals surface area contributed by atoms with Crippen molar-refractivity contribution in [3.05, 3.63) is 407 Å². The maximum Gasteiger partial charge on any atom is 0.186 e. The van der Waals surface area contributed by atoms with Gasteiger partial charge in [-0.2, -0.15) is 0 Å². The van der Waals surface area contributed by atoms with E-state index in [1.807, 2.05) is 121 Å². The molecule has 6 heterocycles. The Morgan fingerprint density at radius 2 is 0.627 bits per heavy atom. The zero-order valence-corrected chi connectivity index (χ0v) is 75.0. The van der Waals surface area contributed by atoms with Gasteiger partial charge in [0.2, 0.25) is 0 Å². The third kappa shape index (κ3) is 24.5. The number of hydrogen-bond acceptors (Lipinski definition) is 6. The van der Waals surface area contributed by atoms with E-state index in [0.29, 0.717) is 17.9 Å². The maximum atomic E-state index is 4.80. The van der Waals surface area contributed by atoms with Gasteiger partial charge in [-0.25, -0.2) is 29.9 Å². The Bertz CT molecular complexity index is 6780. The summed E-state index contributed by atoms with van der Waals surface area (Å²) in [4.78, 5) is 28.3. The highest BCUT2D eigenvalue weighted by Gasteiger charge is 2.15. The Labute approximate surface area is 744 Å². The molecule has 12 nitrogen and oxygen atoms in total. The topological polar surface area (TPSA) is 107 Å². The lowest BCUT2D eigenvalue weighted by atomic mass is 10.1. The normalized spacial score (nSPS) is 11.4. The van der Waals surface area contributed by atoms with E-state index >= 15 is 0 Å². The first-order chi connectivity index (χ1) is 61.4. The molecule has 0 unspecified atom stereocenters. The quantitative estimate of drug-likeness (QED) is 0.0524. The number of hydrogen-bond donors (Lipinski definition) is 0. The molecule has 18 rings (SSSR count). The minimum atomic E-state index is 0.384. The lowest BCUT2D eigenvalue weighted by Crippen LogP contribution is -2.06. The molecule has 18 aromatic rings. The highest BCUT2D eigenvalue weighted by Crippen LogP contribution is 2.27. The average Bonchev–Trinajstić information content (AvgIpc) is 1.68. The molecule has 0 saturated heterocycles. The smallest absolute Gasteiger partial charge is 0.186 e. The number of para-hydroxylation sites is 12. The molecule has 0 aliphatic carbocycles. The Hall–Kier alpha value is -14.5. The highest BCUT2D eigenvalue weighted by atomic mass is 15.1. The summed E-state index contributed by atoms with van der Waals surface area (Å²) in [5.41, 5.74) is 25.5. The van der Waals surface area contributed by atoms with Gasteiger partial charge in [0.25, 0.3) is 0 Å². The summed E-state index contributed by atoms with van der Waals surface area (Å²) in [5.74, 6) is 13.4. The number of aryl methyl sites for hydroxylation is 7. The van der Waals surface area contributed by atoms with E-state index in [2.05, 4.69) is 388 Å². The molecular weight excluding hydrogens is 1540 g/mol. The van der Waals surface area contributed by atoms with Gasteiger partial charge < -0.3 is 27.4 Å². The molecule has 0 aliphatic rings. The molecule has 0 N–H and O–H groups in total. The molecular formula is C114H116N12. The maximum absolute atomic E-state index is 4.80. The van der Waals surface area contributed by atoms with Crippen molar-refractivity contribution >= 4 is 127 Å². The van der Waals surface area contributed by atoms with Crippen LogP contribution in [0.3, 0.4) is 0 Å². The summed E-state index contributed by atoms with van der Waals surface area (Å²) in [6.45, 7) is 31.6. The van der Waals surface area contributed by atoms with Gasteiger partial charge in [-0.05, 0) is 215 Å². The molecule has 0 aliphatic heterocycles. The van der Waals surface area contributed by atoms with Crippen LogP contribution in [-0.4, -0.2) is 57.3 Å². The predicted octanol–water partition coefficient (Wildman–Crippen LogP) is 28.5. The van der Waals surface area contributed by atoms with Crippen molar-refractivity contribution in [2.75, 3.05) is 0 Å². The minimum Gasteiger partial charge on any atom is -0.324 e.